The minimum atomic E-state index is -0.0185. The third kappa shape index (κ3) is 2.66. The van der Waals surface area contributed by atoms with Crippen LogP contribution >= 0.6 is 23.6 Å². The topological polar surface area (TPSA) is 47.0 Å². The van der Waals surface area contributed by atoms with Crippen LogP contribution in [0.3, 0.4) is 0 Å². The molecule has 6 heteroatoms. The number of H-pyrrole nitrogens is 1. The summed E-state index contributed by atoms with van der Waals surface area (Å²) in [6.07, 6.45) is 5.17. The molecule has 0 bridgehead atoms. The molecule has 0 aromatic carbocycles. The van der Waals surface area contributed by atoms with Gasteiger partial charge in [0.05, 0.1) is 24.6 Å². The summed E-state index contributed by atoms with van der Waals surface area (Å²) in [6, 6.07) is 1.84. The van der Waals surface area contributed by atoms with Crippen molar-refractivity contribution in [2.24, 2.45) is 0 Å². The lowest BCUT2D eigenvalue weighted by atomic mass is 10.3. The number of rotatable bonds is 4. The minimum Gasteiger partial charge on any atom is -0.376 e. The summed E-state index contributed by atoms with van der Waals surface area (Å²) in [7, 11) is 0. The van der Waals surface area contributed by atoms with E-state index in [0.717, 1.165) is 17.7 Å². The highest BCUT2D eigenvalue weighted by atomic mass is 32.1. The van der Waals surface area contributed by atoms with Crippen molar-refractivity contribution in [2.45, 2.75) is 38.3 Å². The van der Waals surface area contributed by atoms with E-state index in [4.69, 9.17) is 17.0 Å². The second-order valence-corrected chi connectivity index (χ2v) is 6.13. The molecule has 0 spiro atoms. The number of fused-ring (bicyclic) bond motifs is 1. The zero-order chi connectivity index (χ0) is 13.2. The van der Waals surface area contributed by atoms with Gasteiger partial charge in [-0.25, -0.2) is 0 Å². The van der Waals surface area contributed by atoms with Crippen molar-refractivity contribution in [1.29, 1.82) is 0 Å². The van der Waals surface area contributed by atoms with Crippen molar-refractivity contribution < 1.29 is 4.74 Å². The van der Waals surface area contributed by atoms with Gasteiger partial charge in [0.25, 0.3) is 5.56 Å². The molecule has 4 nitrogen and oxygen atoms in total. The number of hydrogen-bond acceptors (Lipinski definition) is 4. The maximum absolute atomic E-state index is 12.3. The van der Waals surface area contributed by atoms with Crippen LogP contribution in [0.1, 0.15) is 25.7 Å². The Morgan fingerprint density at radius 1 is 1.47 bits per heavy atom. The van der Waals surface area contributed by atoms with Crippen LogP contribution in [0.2, 0.25) is 0 Å². The van der Waals surface area contributed by atoms with Crippen LogP contribution in [-0.4, -0.2) is 22.3 Å². The number of aromatic nitrogens is 2. The summed E-state index contributed by atoms with van der Waals surface area (Å²) in [4.78, 5) is 16.2. The second-order valence-electron chi connectivity index (χ2n) is 4.83. The van der Waals surface area contributed by atoms with E-state index in [-0.39, 0.29) is 5.56 Å². The fourth-order valence-electron chi connectivity index (χ4n) is 2.55. The summed E-state index contributed by atoms with van der Waals surface area (Å²) < 4.78 is 7.87. The van der Waals surface area contributed by atoms with Gasteiger partial charge in [-0.1, -0.05) is 12.8 Å². The molecule has 0 aliphatic heterocycles. The van der Waals surface area contributed by atoms with E-state index in [9.17, 15) is 4.79 Å². The molecule has 0 radical (unpaired) electrons. The number of nitrogens with one attached hydrogen (secondary N) is 1. The predicted molar refractivity (Wildman–Crippen MR) is 79.5 cm³/mol. The normalized spacial score (nSPS) is 16.4. The first-order valence-corrected chi connectivity index (χ1v) is 7.86. The smallest absolute Gasteiger partial charge is 0.263 e. The summed E-state index contributed by atoms with van der Waals surface area (Å²) in [6.45, 7) is 1.08. The Kier molecular flexibility index (Phi) is 3.81. The van der Waals surface area contributed by atoms with Crippen molar-refractivity contribution in [3.05, 3.63) is 26.6 Å². The molecular formula is C13H16N2O2S2. The van der Waals surface area contributed by atoms with Gasteiger partial charge in [0.1, 0.15) is 4.83 Å². The number of nitrogens with zero attached hydrogens (tertiary/aromatic N) is 1. The van der Waals surface area contributed by atoms with Crippen LogP contribution < -0.4 is 5.56 Å². The lowest BCUT2D eigenvalue weighted by Crippen LogP contribution is -2.25. The second kappa shape index (κ2) is 5.56. The highest BCUT2D eigenvalue weighted by molar-refractivity contribution is 7.71. The van der Waals surface area contributed by atoms with E-state index in [1.165, 1.54) is 24.2 Å². The average molecular weight is 296 g/mol. The van der Waals surface area contributed by atoms with Crippen LogP contribution in [0.25, 0.3) is 10.2 Å². The van der Waals surface area contributed by atoms with Crippen LogP contribution in [0.15, 0.2) is 16.2 Å². The Morgan fingerprint density at radius 2 is 2.26 bits per heavy atom. The highest BCUT2D eigenvalue weighted by Crippen LogP contribution is 2.20. The lowest BCUT2D eigenvalue weighted by molar-refractivity contribution is 0.0523. The predicted octanol–water partition coefficient (Wildman–Crippen LogP) is 3.08. The van der Waals surface area contributed by atoms with Gasteiger partial charge in [-0.2, -0.15) is 0 Å². The molecule has 1 aliphatic carbocycles. The summed E-state index contributed by atoms with van der Waals surface area (Å²) >= 11 is 6.74. The monoisotopic (exact) mass is 296 g/mol. The third-order valence-electron chi connectivity index (χ3n) is 3.58. The van der Waals surface area contributed by atoms with Gasteiger partial charge >= 0.3 is 0 Å². The van der Waals surface area contributed by atoms with E-state index in [2.05, 4.69) is 4.98 Å². The Bertz CT molecular complexity index is 680. The molecule has 0 saturated heterocycles. The van der Waals surface area contributed by atoms with Gasteiger partial charge in [-0.15, -0.1) is 11.3 Å². The third-order valence-corrected chi connectivity index (χ3v) is 4.73. The van der Waals surface area contributed by atoms with Crippen molar-refractivity contribution >= 4 is 33.8 Å². The van der Waals surface area contributed by atoms with Crippen LogP contribution in [0.5, 0.6) is 0 Å². The largest absolute Gasteiger partial charge is 0.376 e. The van der Waals surface area contributed by atoms with Crippen molar-refractivity contribution in [1.82, 2.24) is 9.55 Å². The Hall–Kier alpha value is -0.980. The first-order chi connectivity index (χ1) is 9.25. The number of thiophene rings is 1. The van der Waals surface area contributed by atoms with Gasteiger partial charge in [-0.3, -0.25) is 9.36 Å². The number of aromatic amines is 1. The van der Waals surface area contributed by atoms with E-state index in [1.807, 2.05) is 11.4 Å². The molecule has 1 saturated carbocycles. The molecule has 2 aromatic rings. The average Bonchev–Trinajstić information content (AvgIpc) is 3.03. The van der Waals surface area contributed by atoms with E-state index >= 15 is 0 Å². The highest BCUT2D eigenvalue weighted by Gasteiger charge is 2.15. The molecule has 1 aliphatic rings. The molecule has 2 aromatic heterocycles. The molecule has 1 fully saturated rings. The number of ether oxygens (including phenoxy) is 1. The zero-order valence-electron chi connectivity index (χ0n) is 10.6. The maximum atomic E-state index is 12.3. The van der Waals surface area contributed by atoms with E-state index in [0.29, 0.717) is 29.4 Å². The molecule has 19 heavy (non-hydrogen) atoms. The SMILES string of the molecule is O=c1c2ccsc2[nH]c(=S)n1CCOC1CCCC1. The van der Waals surface area contributed by atoms with Gasteiger partial charge in [0.15, 0.2) is 4.77 Å². The van der Waals surface area contributed by atoms with Crippen molar-refractivity contribution in [3.63, 3.8) is 0 Å². The first kappa shape index (κ1) is 13.0. The molecule has 102 valence electrons. The molecular weight excluding hydrogens is 280 g/mol. The molecule has 0 amide bonds. The van der Waals surface area contributed by atoms with Crippen molar-refractivity contribution in [2.75, 3.05) is 6.61 Å². The van der Waals surface area contributed by atoms with Gasteiger partial charge in [0.2, 0.25) is 0 Å². The lowest BCUT2D eigenvalue weighted by Gasteiger charge is -2.12. The fourth-order valence-corrected chi connectivity index (χ4v) is 3.66. The molecule has 3 rings (SSSR count). The molecule has 0 unspecified atom stereocenters. The van der Waals surface area contributed by atoms with Gasteiger partial charge in [-0.05, 0) is 36.5 Å². The van der Waals surface area contributed by atoms with Crippen molar-refractivity contribution in [3.8, 4) is 0 Å². The maximum Gasteiger partial charge on any atom is 0.263 e. The number of hydrogen-bond donors (Lipinski definition) is 1. The van der Waals surface area contributed by atoms with Gasteiger partial charge < -0.3 is 9.72 Å². The van der Waals surface area contributed by atoms with Crippen LogP contribution in [0, 0.1) is 4.77 Å². The minimum absolute atomic E-state index is 0.0185. The van der Waals surface area contributed by atoms with Crippen LogP contribution in [0.4, 0.5) is 0 Å². The molecule has 1 N–H and O–H groups in total. The Balaban J connectivity index is 1.76. The summed E-state index contributed by atoms with van der Waals surface area (Å²) in [5.41, 5.74) is -0.0185. The summed E-state index contributed by atoms with van der Waals surface area (Å²) in [5, 5.41) is 2.61. The fraction of sp³-hybridized carbons (Fsp3) is 0.538. The molecule has 2 heterocycles. The van der Waals surface area contributed by atoms with Gasteiger partial charge in [0, 0.05) is 0 Å². The standard InChI is InChI=1S/C13H16N2O2S2/c16-12-10-5-8-19-11(10)14-13(18)15(12)6-7-17-9-3-1-2-4-9/h5,8-9H,1-4,6-7H2,(H,14,18). The van der Waals surface area contributed by atoms with Crippen LogP contribution in [-0.2, 0) is 11.3 Å². The summed E-state index contributed by atoms with van der Waals surface area (Å²) in [5.74, 6) is 0. The Labute approximate surface area is 120 Å². The van der Waals surface area contributed by atoms with E-state index in [1.54, 1.807) is 4.57 Å². The van der Waals surface area contributed by atoms with E-state index < -0.39 is 0 Å². The Morgan fingerprint density at radius 3 is 3.05 bits per heavy atom. The first-order valence-electron chi connectivity index (χ1n) is 6.57. The molecule has 0 atom stereocenters. The zero-order valence-corrected chi connectivity index (χ0v) is 12.2. The quantitative estimate of drug-likeness (QED) is 0.882.